The SMILES string of the molecule is CCOc1cc(CNCCCc2nc3ccccc3[nH]2)ccc1OC. The van der Waals surface area contributed by atoms with E-state index in [0.717, 1.165) is 54.3 Å². The van der Waals surface area contributed by atoms with Crippen molar-refractivity contribution in [2.75, 3.05) is 20.3 Å². The van der Waals surface area contributed by atoms with Crippen LogP contribution in [0.5, 0.6) is 11.5 Å². The predicted octanol–water partition coefficient (Wildman–Crippen LogP) is 3.69. The van der Waals surface area contributed by atoms with Gasteiger partial charge in [-0.15, -0.1) is 0 Å². The molecule has 0 spiro atoms. The zero-order valence-corrected chi connectivity index (χ0v) is 14.8. The molecule has 0 saturated carbocycles. The van der Waals surface area contributed by atoms with Crippen LogP contribution in [0, 0.1) is 0 Å². The number of imidazole rings is 1. The number of hydrogen-bond acceptors (Lipinski definition) is 4. The van der Waals surface area contributed by atoms with Gasteiger partial charge in [0.1, 0.15) is 5.82 Å². The Balaban J connectivity index is 1.45. The molecule has 0 saturated heterocycles. The van der Waals surface area contributed by atoms with Crippen molar-refractivity contribution in [1.82, 2.24) is 15.3 Å². The molecule has 25 heavy (non-hydrogen) atoms. The number of nitrogens with one attached hydrogen (secondary N) is 2. The van der Waals surface area contributed by atoms with E-state index in [9.17, 15) is 0 Å². The quantitative estimate of drug-likeness (QED) is 0.584. The van der Waals surface area contributed by atoms with Gasteiger partial charge in [-0.2, -0.15) is 0 Å². The molecule has 0 atom stereocenters. The highest BCUT2D eigenvalue weighted by Gasteiger charge is 2.05. The number of para-hydroxylation sites is 2. The molecule has 2 N–H and O–H groups in total. The summed E-state index contributed by atoms with van der Waals surface area (Å²) in [5, 5.41) is 3.47. The minimum absolute atomic E-state index is 0.630. The summed E-state index contributed by atoms with van der Waals surface area (Å²) in [6, 6.07) is 14.2. The minimum atomic E-state index is 0.630. The second-order valence-electron chi connectivity index (χ2n) is 5.90. The normalized spacial score (nSPS) is 11.0. The zero-order chi connectivity index (χ0) is 17.5. The molecule has 5 heteroatoms. The third kappa shape index (κ3) is 4.51. The molecule has 3 aromatic rings. The molecule has 2 aromatic carbocycles. The number of nitrogens with zero attached hydrogens (tertiary/aromatic N) is 1. The lowest BCUT2D eigenvalue weighted by molar-refractivity contribution is 0.310. The Labute approximate surface area is 148 Å². The molecule has 0 fully saturated rings. The Kier molecular flexibility index (Phi) is 5.90. The van der Waals surface area contributed by atoms with Crippen molar-refractivity contribution < 1.29 is 9.47 Å². The number of aryl methyl sites for hydroxylation is 1. The largest absolute Gasteiger partial charge is 0.493 e. The number of benzene rings is 2. The number of rotatable bonds is 9. The van der Waals surface area contributed by atoms with Gasteiger partial charge in [0.25, 0.3) is 0 Å². The van der Waals surface area contributed by atoms with Gasteiger partial charge in [0.05, 0.1) is 24.8 Å². The number of methoxy groups -OCH3 is 1. The molecular formula is C20H25N3O2. The third-order valence-electron chi connectivity index (χ3n) is 4.06. The maximum atomic E-state index is 5.62. The fourth-order valence-electron chi connectivity index (χ4n) is 2.84. The summed E-state index contributed by atoms with van der Waals surface area (Å²) >= 11 is 0. The van der Waals surface area contributed by atoms with Crippen LogP contribution in [0.15, 0.2) is 42.5 Å². The summed E-state index contributed by atoms with van der Waals surface area (Å²) < 4.78 is 10.9. The van der Waals surface area contributed by atoms with E-state index in [2.05, 4.69) is 27.4 Å². The second-order valence-corrected chi connectivity index (χ2v) is 5.90. The van der Waals surface area contributed by atoms with Crippen LogP contribution in [0.1, 0.15) is 24.7 Å². The maximum Gasteiger partial charge on any atom is 0.161 e. The summed E-state index contributed by atoms with van der Waals surface area (Å²) in [5.74, 6) is 2.62. The van der Waals surface area contributed by atoms with Crippen molar-refractivity contribution in [2.24, 2.45) is 0 Å². The van der Waals surface area contributed by atoms with Crippen LogP contribution in [0.2, 0.25) is 0 Å². The van der Waals surface area contributed by atoms with Crippen LogP contribution in [0.25, 0.3) is 11.0 Å². The fourth-order valence-corrected chi connectivity index (χ4v) is 2.84. The van der Waals surface area contributed by atoms with Crippen LogP contribution in [0.4, 0.5) is 0 Å². The Bertz CT molecular complexity index is 781. The highest BCUT2D eigenvalue weighted by Crippen LogP contribution is 2.27. The van der Waals surface area contributed by atoms with E-state index in [1.54, 1.807) is 7.11 Å². The molecule has 132 valence electrons. The summed E-state index contributed by atoms with van der Waals surface area (Å²) in [4.78, 5) is 7.97. The smallest absolute Gasteiger partial charge is 0.161 e. The lowest BCUT2D eigenvalue weighted by atomic mass is 10.2. The van der Waals surface area contributed by atoms with E-state index in [1.807, 2.05) is 37.3 Å². The molecule has 5 nitrogen and oxygen atoms in total. The Morgan fingerprint density at radius 1 is 1.12 bits per heavy atom. The Morgan fingerprint density at radius 2 is 2.00 bits per heavy atom. The van der Waals surface area contributed by atoms with Crippen LogP contribution in [-0.4, -0.2) is 30.2 Å². The van der Waals surface area contributed by atoms with Crippen molar-refractivity contribution in [1.29, 1.82) is 0 Å². The highest BCUT2D eigenvalue weighted by molar-refractivity contribution is 5.74. The average Bonchev–Trinajstić information content (AvgIpc) is 3.05. The average molecular weight is 339 g/mol. The van der Waals surface area contributed by atoms with Crippen LogP contribution < -0.4 is 14.8 Å². The van der Waals surface area contributed by atoms with Crippen molar-refractivity contribution >= 4 is 11.0 Å². The van der Waals surface area contributed by atoms with Gasteiger partial charge in [-0.3, -0.25) is 0 Å². The molecule has 0 unspecified atom stereocenters. The maximum absolute atomic E-state index is 5.62. The molecule has 1 heterocycles. The van der Waals surface area contributed by atoms with Crippen LogP contribution in [0.3, 0.4) is 0 Å². The van der Waals surface area contributed by atoms with Crippen molar-refractivity contribution in [3.8, 4) is 11.5 Å². The molecule has 0 bridgehead atoms. The van der Waals surface area contributed by atoms with Crippen LogP contribution in [-0.2, 0) is 13.0 Å². The number of aromatic amines is 1. The molecule has 0 aliphatic heterocycles. The number of ether oxygens (including phenoxy) is 2. The first-order valence-corrected chi connectivity index (χ1v) is 8.74. The highest BCUT2D eigenvalue weighted by atomic mass is 16.5. The Morgan fingerprint density at radius 3 is 2.80 bits per heavy atom. The monoisotopic (exact) mass is 339 g/mol. The fraction of sp³-hybridized carbons (Fsp3) is 0.350. The van der Waals surface area contributed by atoms with Crippen molar-refractivity contribution in [3.05, 3.63) is 53.9 Å². The van der Waals surface area contributed by atoms with Crippen LogP contribution >= 0.6 is 0 Å². The summed E-state index contributed by atoms with van der Waals surface area (Å²) in [7, 11) is 1.66. The topological polar surface area (TPSA) is 59.2 Å². The molecule has 0 radical (unpaired) electrons. The molecule has 0 aliphatic rings. The van der Waals surface area contributed by atoms with E-state index < -0.39 is 0 Å². The minimum Gasteiger partial charge on any atom is -0.493 e. The first-order chi connectivity index (χ1) is 12.3. The van der Waals surface area contributed by atoms with Gasteiger partial charge in [-0.25, -0.2) is 4.98 Å². The van der Waals surface area contributed by atoms with Gasteiger partial charge >= 0.3 is 0 Å². The molecule has 0 amide bonds. The van der Waals surface area contributed by atoms with Gasteiger partial charge in [0.2, 0.25) is 0 Å². The van der Waals surface area contributed by atoms with E-state index in [0.29, 0.717) is 6.61 Å². The van der Waals surface area contributed by atoms with Gasteiger partial charge in [0.15, 0.2) is 11.5 Å². The number of H-pyrrole nitrogens is 1. The zero-order valence-electron chi connectivity index (χ0n) is 14.8. The van der Waals surface area contributed by atoms with Gasteiger partial charge in [0, 0.05) is 13.0 Å². The first kappa shape index (κ1) is 17.3. The number of aromatic nitrogens is 2. The van der Waals surface area contributed by atoms with E-state index >= 15 is 0 Å². The van der Waals surface area contributed by atoms with E-state index in [4.69, 9.17) is 9.47 Å². The van der Waals surface area contributed by atoms with E-state index in [1.165, 1.54) is 5.56 Å². The molecule has 1 aromatic heterocycles. The third-order valence-corrected chi connectivity index (χ3v) is 4.06. The van der Waals surface area contributed by atoms with Gasteiger partial charge < -0.3 is 19.8 Å². The summed E-state index contributed by atoms with van der Waals surface area (Å²) in [5.41, 5.74) is 3.33. The van der Waals surface area contributed by atoms with Crippen molar-refractivity contribution in [2.45, 2.75) is 26.3 Å². The standard InChI is InChI=1S/C20H25N3O2/c1-3-25-19-13-15(10-11-18(19)24-2)14-21-12-6-9-20-22-16-7-4-5-8-17(16)23-20/h4-5,7-8,10-11,13,21H,3,6,9,12,14H2,1-2H3,(H,22,23). The van der Waals surface area contributed by atoms with E-state index in [-0.39, 0.29) is 0 Å². The molecule has 0 aliphatic carbocycles. The summed E-state index contributed by atoms with van der Waals surface area (Å²) in [6.45, 7) is 4.35. The molecule has 3 rings (SSSR count). The lowest BCUT2D eigenvalue weighted by Crippen LogP contribution is -2.15. The second kappa shape index (κ2) is 8.53. The Hall–Kier alpha value is -2.53. The summed E-state index contributed by atoms with van der Waals surface area (Å²) in [6.07, 6.45) is 1.97. The van der Waals surface area contributed by atoms with Gasteiger partial charge in [-0.1, -0.05) is 18.2 Å². The number of fused-ring (bicyclic) bond motifs is 1. The molecular weight excluding hydrogens is 314 g/mol. The first-order valence-electron chi connectivity index (χ1n) is 8.74. The lowest BCUT2D eigenvalue weighted by Gasteiger charge is -2.11. The van der Waals surface area contributed by atoms with Crippen molar-refractivity contribution in [3.63, 3.8) is 0 Å². The predicted molar refractivity (Wildman–Crippen MR) is 100 cm³/mol. The van der Waals surface area contributed by atoms with Gasteiger partial charge in [-0.05, 0) is 49.7 Å². The number of hydrogen-bond donors (Lipinski definition) is 2.